The molecule has 16 heavy (non-hydrogen) atoms. The monoisotopic (exact) mass is 232 g/mol. The Morgan fingerprint density at radius 3 is 2.44 bits per heavy atom. The van der Waals surface area contributed by atoms with Gasteiger partial charge in [-0.2, -0.15) is 0 Å². The largest absolute Gasteiger partial charge is 0.383 e. The van der Waals surface area contributed by atoms with Crippen molar-refractivity contribution in [2.75, 3.05) is 34.0 Å². The maximum absolute atomic E-state index is 11.6. The van der Waals surface area contributed by atoms with Crippen molar-refractivity contribution in [3.63, 3.8) is 0 Å². The van der Waals surface area contributed by atoms with Crippen molar-refractivity contribution >= 4 is 5.91 Å². The van der Waals surface area contributed by atoms with Crippen LogP contribution in [-0.4, -0.2) is 51.5 Å². The van der Waals surface area contributed by atoms with Crippen LogP contribution in [0, 0.1) is 0 Å². The van der Waals surface area contributed by atoms with Crippen LogP contribution in [0.25, 0.3) is 0 Å². The molecule has 0 aliphatic carbocycles. The number of rotatable bonds is 8. The molecule has 0 aromatic rings. The zero-order valence-corrected chi connectivity index (χ0v) is 10.9. The maximum atomic E-state index is 11.6. The van der Waals surface area contributed by atoms with Crippen LogP contribution in [0.2, 0.25) is 0 Å². The lowest BCUT2D eigenvalue weighted by atomic mass is 10.1. The van der Waals surface area contributed by atoms with Gasteiger partial charge in [0.05, 0.1) is 19.3 Å². The molecule has 1 amide bonds. The van der Waals surface area contributed by atoms with Crippen molar-refractivity contribution in [1.29, 1.82) is 0 Å². The third-order valence-electron chi connectivity index (χ3n) is 2.11. The number of methoxy groups -OCH3 is 2. The zero-order chi connectivity index (χ0) is 12.6. The highest BCUT2D eigenvalue weighted by atomic mass is 16.5. The number of amides is 1. The van der Waals surface area contributed by atoms with Crippen molar-refractivity contribution in [2.45, 2.75) is 32.4 Å². The molecule has 1 atom stereocenters. The van der Waals surface area contributed by atoms with Gasteiger partial charge in [-0.15, -0.1) is 0 Å². The molecule has 2 N–H and O–H groups in total. The molecule has 0 rings (SSSR count). The van der Waals surface area contributed by atoms with Crippen LogP contribution in [-0.2, 0) is 14.3 Å². The van der Waals surface area contributed by atoms with Crippen LogP contribution in [0.15, 0.2) is 0 Å². The number of hydrogen-bond acceptors (Lipinski definition) is 4. The fourth-order valence-electron chi connectivity index (χ4n) is 1.48. The molecule has 5 nitrogen and oxygen atoms in total. The molecule has 0 bridgehead atoms. The van der Waals surface area contributed by atoms with Gasteiger partial charge in [0.25, 0.3) is 0 Å². The van der Waals surface area contributed by atoms with E-state index in [0.29, 0.717) is 19.8 Å². The summed E-state index contributed by atoms with van der Waals surface area (Å²) in [5.74, 6) is -0.0266. The summed E-state index contributed by atoms with van der Waals surface area (Å²) in [4.78, 5) is 11.6. The second-order valence-corrected chi connectivity index (χ2v) is 4.47. The Morgan fingerprint density at radius 1 is 1.31 bits per heavy atom. The van der Waals surface area contributed by atoms with Crippen molar-refractivity contribution in [2.24, 2.45) is 0 Å². The molecule has 0 radical (unpaired) electrons. The van der Waals surface area contributed by atoms with E-state index in [2.05, 4.69) is 10.6 Å². The van der Waals surface area contributed by atoms with Crippen LogP contribution in [0.3, 0.4) is 0 Å². The van der Waals surface area contributed by atoms with Gasteiger partial charge in [-0.25, -0.2) is 0 Å². The van der Waals surface area contributed by atoms with E-state index in [-0.39, 0.29) is 17.5 Å². The Kier molecular flexibility index (Phi) is 7.29. The summed E-state index contributed by atoms with van der Waals surface area (Å²) < 4.78 is 9.93. The predicted molar refractivity (Wildman–Crippen MR) is 63.4 cm³/mol. The highest BCUT2D eigenvalue weighted by Crippen LogP contribution is 2.03. The van der Waals surface area contributed by atoms with E-state index in [1.165, 1.54) is 0 Å². The van der Waals surface area contributed by atoms with Gasteiger partial charge in [-0.05, 0) is 20.8 Å². The van der Waals surface area contributed by atoms with Crippen molar-refractivity contribution < 1.29 is 14.3 Å². The second-order valence-electron chi connectivity index (χ2n) is 4.47. The number of ether oxygens (including phenoxy) is 2. The fourth-order valence-corrected chi connectivity index (χ4v) is 1.48. The van der Waals surface area contributed by atoms with Gasteiger partial charge in [0.2, 0.25) is 5.91 Å². The highest BCUT2D eigenvalue weighted by molar-refractivity contribution is 5.81. The van der Waals surface area contributed by atoms with E-state index >= 15 is 0 Å². The molecular weight excluding hydrogens is 208 g/mol. The summed E-state index contributed by atoms with van der Waals surface area (Å²) in [6.45, 7) is 7.44. The highest BCUT2D eigenvalue weighted by Gasteiger charge is 2.23. The molecule has 5 heteroatoms. The van der Waals surface area contributed by atoms with Crippen LogP contribution < -0.4 is 10.6 Å². The smallest absolute Gasteiger partial charge is 0.236 e. The lowest BCUT2D eigenvalue weighted by Crippen LogP contribution is -2.53. The van der Waals surface area contributed by atoms with Gasteiger partial charge >= 0.3 is 0 Å². The molecule has 0 fully saturated rings. The van der Waals surface area contributed by atoms with Gasteiger partial charge in [-0.3, -0.25) is 10.1 Å². The van der Waals surface area contributed by atoms with Crippen molar-refractivity contribution in [1.82, 2.24) is 10.6 Å². The Balaban J connectivity index is 3.94. The summed E-state index contributed by atoms with van der Waals surface area (Å²) in [6.07, 6.45) is 0. The van der Waals surface area contributed by atoms with Crippen LogP contribution >= 0.6 is 0 Å². The quantitative estimate of drug-likeness (QED) is 0.585. The molecule has 1 unspecified atom stereocenters. The van der Waals surface area contributed by atoms with E-state index in [1.54, 1.807) is 14.2 Å². The Labute approximate surface area is 97.9 Å². The van der Waals surface area contributed by atoms with E-state index in [4.69, 9.17) is 9.47 Å². The molecule has 0 saturated heterocycles. The fraction of sp³-hybridized carbons (Fsp3) is 0.909. The number of hydrogen-bond donors (Lipinski definition) is 2. The molecule has 0 aromatic carbocycles. The minimum Gasteiger partial charge on any atom is -0.383 e. The summed E-state index contributed by atoms with van der Waals surface area (Å²) in [7, 11) is 3.25. The summed E-state index contributed by atoms with van der Waals surface area (Å²) >= 11 is 0. The first-order chi connectivity index (χ1) is 7.43. The molecule has 96 valence electrons. The van der Waals surface area contributed by atoms with E-state index < -0.39 is 0 Å². The standard InChI is InChI=1S/C11H24N2O3/c1-9(10(14)12-6-7-15-4)13-11(2,3)8-16-5/h9,13H,6-8H2,1-5H3,(H,12,14). The van der Waals surface area contributed by atoms with E-state index in [9.17, 15) is 4.79 Å². The van der Waals surface area contributed by atoms with Gasteiger partial charge in [0, 0.05) is 26.3 Å². The molecule has 0 aliphatic rings. The lowest BCUT2D eigenvalue weighted by Gasteiger charge is -2.28. The Morgan fingerprint density at radius 2 is 1.94 bits per heavy atom. The molecular formula is C11H24N2O3. The average Bonchev–Trinajstić information content (AvgIpc) is 2.16. The van der Waals surface area contributed by atoms with Crippen LogP contribution in [0.1, 0.15) is 20.8 Å². The predicted octanol–water partition coefficient (Wildman–Crippen LogP) is 0.152. The van der Waals surface area contributed by atoms with E-state index in [1.807, 2.05) is 20.8 Å². The number of carbonyl (C=O) groups is 1. The molecule has 0 spiro atoms. The first-order valence-corrected chi connectivity index (χ1v) is 5.46. The first-order valence-electron chi connectivity index (χ1n) is 5.46. The van der Waals surface area contributed by atoms with Gasteiger partial charge < -0.3 is 14.8 Å². The van der Waals surface area contributed by atoms with Gasteiger partial charge in [0.15, 0.2) is 0 Å². The molecule has 0 aromatic heterocycles. The normalized spacial score (nSPS) is 13.6. The topological polar surface area (TPSA) is 59.6 Å². The molecule has 0 aliphatic heterocycles. The van der Waals surface area contributed by atoms with Crippen LogP contribution in [0.5, 0.6) is 0 Å². The number of carbonyl (C=O) groups excluding carboxylic acids is 1. The van der Waals surface area contributed by atoms with Crippen molar-refractivity contribution in [3.05, 3.63) is 0 Å². The van der Waals surface area contributed by atoms with Crippen LogP contribution in [0.4, 0.5) is 0 Å². The summed E-state index contributed by atoms with van der Waals surface area (Å²) in [5.41, 5.74) is -0.216. The Hall–Kier alpha value is -0.650. The zero-order valence-electron chi connectivity index (χ0n) is 10.9. The van der Waals surface area contributed by atoms with Gasteiger partial charge in [0.1, 0.15) is 0 Å². The number of nitrogens with one attached hydrogen (secondary N) is 2. The Bertz CT molecular complexity index is 207. The minimum atomic E-state index is -0.248. The second kappa shape index (κ2) is 7.60. The lowest BCUT2D eigenvalue weighted by molar-refractivity contribution is -0.123. The summed E-state index contributed by atoms with van der Waals surface area (Å²) in [5, 5.41) is 5.99. The first kappa shape index (κ1) is 15.3. The molecule has 0 heterocycles. The average molecular weight is 232 g/mol. The summed E-state index contributed by atoms with van der Waals surface area (Å²) in [6, 6.07) is -0.248. The van der Waals surface area contributed by atoms with Crippen molar-refractivity contribution in [3.8, 4) is 0 Å². The minimum absolute atomic E-state index is 0.0266. The van der Waals surface area contributed by atoms with Gasteiger partial charge in [-0.1, -0.05) is 0 Å². The van der Waals surface area contributed by atoms with E-state index in [0.717, 1.165) is 0 Å². The third kappa shape index (κ3) is 6.76. The third-order valence-corrected chi connectivity index (χ3v) is 2.11. The maximum Gasteiger partial charge on any atom is 0.236 e. The molecule has 0 saturated carbocycles. The SMILES string of the molecule is COCCNC(=O)C(C)NC(C)(C)COC.